The Morgan fingerprint density at radius 1 is 0.794 bits per heavy atom. The average Bonchev–Trinajstić information content (AvgIpc) is 2.84. The third kappa shape index (κ3) is 15.4. The molecule has 1 aromatic carbocycles. The molecule has 0 aliphatic carbocycles. The van der Waals surface area contributed by atoms with Crippen molar-refractivity contribution in [1.82, 2.24) is 4.90 Å². The summed E-state index contributed by atoms with van der Waals surface area (Å²) >= 11 is 0. The van der Waals surface area contributed by atoms with E-state index in [-0.39, 0.29) is 5.97 Å². The van der Waals surface area contributed by atoms with Crippen LogP contribution < -0.4 is 4.74 Å². The summed E-state index contributed by atoms with van der Waals surface area (Å²) in [7, 11) is 1.72. The quantitative estimate of drug-likeness (QED) is 0.126. The van der Waals surface area contributed by atoms with Crippen LogP contribution in [0.1, 0.15) is 116 Å². The molecule has 0 heterocycles. The van der Waals surface area contributed by atoms with Crippen molar-refractivity contribution in [2.24, 2.45) is 0 Å². The Labute approximate surface area is 210 Å². The van der Waals surface area contributed by atoms with Crippen molar-refractivity contribution >= 4 is 5.97 Å². The third-order valence-electron chi connectivity index (χ3n) is 6.85. The highest BCUT2D eigenvalue weighted by molar-refractivity contribution is 5.69. The fraction of sp³-hybridized carbons (Fsp3) is 0.767. The molecule has 0 saturated carbocycles. The van der Waals surface area contributed by atoms with Crippen molar-refractivity contribution < 1.29 is 14.3 Å². The highest BCUT2D eigenvalue weighted by atomic mass is 16.5. The molecular weight excluding hydrogens is 422 g/mol. The predicted octanol–water partition coefficient (Wildman–Crippen LogP) is 7.97. The molecule has 0 spiro atoms. The summed E-state index contributed by atoms with van der Waals surface area (Å²) in [5.41, 5.74) is 1.39. The molecule has 0 N–H and O–H groups in total. The maximum Gasteiger partial charge on any atom is 0.305 e. The SMILES string of the molecule is CCOC(=O)CCCCCCCCCCCCCCCN(CC)C(C)Cc1ccc(OC)cc1. The van der Waals surface area contributed by atoms with Crippen LogP contribution in [-0.4, -0.2) is 43.7 Å². The first-order chi connectivity index (χ1) is 16.6. The van der Waals surface area contributed by atoms with Crippen LogP contribution in [0.25, 0.3) is 0 Å². The van der Waals surface area contributed by atoms with Gasteiger partial charge < -0.3 is 14.4 Å². The van der Waals surface area contributed by atoms with Gasteiger partial charge in [0, 0.05) is 12.5 Å². The van der Waals surface area contributed by atoms with E-state index in [2.05, 4.69) is 43.0 Å². The van der Waals surface area contributed by atoms with E-state index >= 15 is 0 Å². The largest absolute Gasteiger partial charge is 0.497 e. The van der Waals surface area contributed by atoms with E-state index in [1.807, 2.05) is 6.92 Å². The van der Waals surface area contributed by atoms with Crippen LogP contribution in [0.15, 0.2) is 24.3 Å². The van der Waals surface area contributed by atoms with Gasteiger partial charge in [-0.15, -0.1) is 0 Å². The average molecular weight is 476 g/mol. The molecule has 0 aromatic heterocycles. The van der Waals surface area contributed by atoms with Gasteiger partial charge in [-0.1, -0.05) is 89.7 Å². The number of unbranched alkanes of at least 4 members (excludes halogenated alkanes) is 12. The molecule has 0 saturated heterocycles. The zero-order chi connectivity index (χ0) is 24.9. The fourth-order valence-corrected chi connectivity index (χ4v) is 4.68. The monoisotopic (exact) mass is 475 g/mol. The number of carbonyl (C=O) groups is 1. The van der Waals surface area contributed by atoms with Crippen molar-refractivity contribution in [3.8, 4) is 5.75 Å². The van der Waals surface area contributed by atoms with Gasteiger partial charge >= 0.3 is 5.97 Å². The van der Waals surface area contributed by atoms with Crippen molar-refractivity contribution in [2.75, 3.05) is 26.8 Å². The number of rotatable bonds is 22. The van der Waals surface area contributed by atoms with Gasteiger partial charge in [0.15, 0.2) is 0 Å². The Kier molecular flexibility index (Phi) is 18.6. The van der Waals surface area contributed by atoms with Crippen molar-refractivity contribution in [2.45, 2.75) is 123 Å². The summed E-state index contributed by atoms with van der Waals surface area (Å²) < 4.78 is 10.2. The minimum atomic E-state index is -0.0375. The molecule has 1 unspecified atom stereocenters. The number of hydrogen-bond donors (Lipinski definition) is 0. The van der Waals surface area contributed by atoms with Gasteiger partial charge in [0.25, 0.3) is 0 Å². The molecule has 0 amide bonds. The van der Waals surface area contributed by atoms with Gasteiger partial charge in [-0.05, 0) is 63.9 Å². The number of likely N-dealkylation sites (N-methyl/N-ethyl adjacent to an activating group) is 1. The lowest BCUT2D eigenvalue weighted by Crippen LogP contribution is -2.35. The lowest BCUT2D eigenvalue weighted by Gasteiger charge is -2.28. The first-order valence-electron chi connectivity index (χ1n) is 14.1. The second kappa shape index (κ2) is 20.8. The Balaban J connectivity index is 1.93. The van der Waals surface area contributed by atoms with E-state index in [0.29, 0.717) is 19.1 Å². The van der Waals surface area contributed by atoms with Crippen LogP contribution in [0, 0.1) is 0 Å². The summed E-state index contributed by atoms with van der Waals surface area (Å²) in [6.45, 7) is 9.36. The van der Waals surface area contributed by atoms with Gasteiger partial charge in [-0.3, -0.25) is 4.79 Å². The van der Waals surface area contributed by atoms with Crippen molar-refractivity contribution in [3.63, 3.8) is 0 Å². The van der Waals surface area contributed by atoms with Crippen LogP contribution in [0.2, 0.25) is 0 Å². The second-order valence-corrected chi connectivity index (χ2v) is 9.68. The number of ether oxygens (including phenoxy) is 2. The second-order valence-electron chi connectivity index (χ2n) is 9.68. The van der Waals surface area contributed by atoms with Crippen LogP contribution in [-0.2, 0) is 16.0 Å². The molecule has 0 bridgehead atoms. The minimum Gasteiger partial charge on any atom is -0.497 e. The molecule has 0 fully saturated rings. The van der Waals surface area contributed by atoms with Crippen molar-refractivity contribution in [1.29, 1.82) is 0 Å². The van der Waals surface area contributed by atoms with Gasteiger partial charge in [0.2, 0.25) is 0 Å². The molecule has 34 heavy (non-hydrogen) atoms. The molecular formula is C30H53NO3. The number of methoxy groups -OCH3 is 1. The Hall–Kier alpha value is -1.55. The topological polar surface area (TPSA) is 38.8 Å². The normalized spacial score (nSPS) is 12.1. The van der Waals surface area contributed by atoms with E-state index in [9.17, 15) is 4.79 Å². The highest BCUT2D eigenvalue weighted by Crippen LogP contribution is 2.16. The van der Waals surface area contributed by atoms with Crippen molar-refractivity contribution in [3.05, 3.63) is 29.8 Å². The third-order valence-corrected chi connectivity index (χ3v) is 6.85. The summed E-state index contributed by atoms with van der Waals surface area (Å²) in [6, 6.07) is 9.09. The van der Waals surface area contributed by atoms with Gasteiger partial charge in [0.1, 0.15) is 5.75 Å². The molecule has 1 atom stereocenters. The van der Waals surface area contributed by atoms with Crippen LogP contribution in [0.3, 0.4) is 0 Å². The minimum absolute atomic E-state index is 0.0375. The Morgan fingerprint density at radius 3 is 1.76 bits per heavy atom. The molecule has 4 heteroatoms. The van der Waals surface area contributed by atoms with Gasteiger partial charge in [0.05, 0.1) is 13.7 Å². The summed E-state index contributed by atoms with van der Waals surface area (Å²) in [6.07, 6.45) is 18.7. The van der Waals surface area contributed by atoms with E-state index in [0.717, 1.165) is 31.6 Å². The number of carbonyl (C=O) groups excluding carboxylic acids is 1. The molecule has 1 rings (SSSR count). The van der Waals surface area contributed by atoms with Crippen LogP contribution in [0.5, 0.6) is 5.75 Å². The Morgan fingerprint density at radius 2 is 1.29 bits per heavy atom. The zero-order valence-corrected chi connectivity index (χ0v) is 22.8. The summed E-state index contributed by atoms with van der Waals surface area (Å²) in [5.74, 6) is 0.896. The maximum atomic E-state index is 11.3. The fourth-order valence-electron chi connectivity index (χ4n) is 4.68. The maximum absolute atomic E-state index is 11.3. The smallest absolute Gasteiger partial charge is 0.305 e. The summed E-state index contributed by atoms with van der Waals surface area (Å²) in [4.78, 5) is 13.9. The number of hydrogen-bond acceptors (Lipinski definition) is 4. The predicted molar refractivity (Wildman–Crippen MR) is 145 cm³/mol. The highest BCUT2D eigenvalue weighted by Gasteiger charge is 2.12. The molecule has 4 nitrogen and oxygen atoms in total. The van der Waals surface area contributed by atoms with Crippen LogP contribution in [0.4, 0.5) is 0 Å². The first kappa shape index (κ1) is 30.5. The zero-order valence-electron chi connectivity index (χ0n) is 22.8. The van der Waals surface area contributed by atoms with E-state index in [1.165, 1.54) is 82.7 Å². The molecule has 0 aliphatic heterocycles. The lowest BCUT2D eigenvalue weighted by atomic mass is 10.0. The summed E-state index contributed by atoms with van der Waals surface area (Å²) in [5, 5.41) is 0. The van der Waals surface area contributed by atoms with Crippen LogP contribution >= 0.6 is 0 Å². The van der Waals surface area contributed by atoms with Gasteiger partial charge in [-0.2, -0.15) is 0 Å². The standard InChI is InChI=1S/C30H53NO3/c1-5-31(27(3)26-28-21-23-29(33-4)24-22-28)25-19-17-15-13-11-9-7-8-10-12-14-16-18-20-30(32)34-6-2/h21-24,27H,5-20,25-26H2,1-4H3. The lowest BCUT2D eigenvalue weighted by molar-refractivity contribution is -0.143. The number of esters is 1. The Bertz CT molecular complexity index is 602. The first-order valence-corrected chi connectivity index (χ1v) is 14.1. The number of benzene rings is 1. The van der Waals surface area contributed by atoms with E-state index < -0.39 is 0 Å². The molecule has 1 aromatic rings. The molecule has 0 radical (unpaired) electrons. The van der Waals surface area contributed by atoms with E-state index in [1.54, 1.807) is 7.11 Å². The number of nitrogens with zero attached hydrogens (tertiary/aromatic N) is 1. The molecule has 196 valence electrons. The van der Waals surface area contributed by atoms with Gasteiger partial charge in [-0.25, -0.2) is 0 Å². The molecule has 0 aliphatic rings. The van der Waals surface area contributed by atoms with E-state index in [4.69, 9.17) is 9.47 Å².